The first kappa shape index (κ1) is 14.8. The smallest absolute Gasteiger partial charge is 0.253 e. The maximum Gasteiger partial charge on any atom is 0.253 e. The Labute approximate surface area is 141 Å². The molecule has 2 heterocycles. The Morgan fingerprint density at radius 1 is 0.917 bits per heavy atom. The van der Waals surface area contributed by atoms with Crippen LogP contribution in [0.25, 0.3) is 11.1 Å². The fourth-order valence-electron chi connectivity index (χ4n) is 3.32. The Bertz CT molecular complexity index is 807. The van der Waals surface area contributed by atoms with E-state index in [0.29, 0.717) is 5.92 Å². The van der Waals surface area contributed by atoms with Crippen LogP contribution in [0.4, 0.5) is 0 Å². The first-order valence-corrected chi connectivity index (χ1v) is 8.29. The maximum atomic E-state index is 12.7. The molecule has 1 atom stereocenters. The second-order valence-corrected chi connectivity index (χ2v) is 6.20. The Morgan fingerprint density at radius 3 is 2.38 bits per heavy atom. The highest BCUT2D eigenvalue weighted by Crippen LogP contribution is 2.28. The summed E-state index contributed by atoms with van der Waals surface area (Å²) in [6.45, 7) is 1.51. The van der Waals surface area contributed by atoms with Crippen LogP contribution in [-0.4, -0.2) is 23.9 Å². The highest BCUT2D eigenvalue weighted by Gasteiger charge is 2.29. The Hall–Kier alpha value is -2.81. The molecule has 24 heavy (non-hydrogen) atoms. The minimum absolute atomic E-state index is 0.101. The monoisotopic (exact) mass is 317 g/mol. The van der Waals surface area contributed by atoms with Gasteiger partial charge in [0.25, 0.3) is 5.91 Å². The molecule has 0 bridgehead atoms. The molecule has 120 valence electrons. The number of rotatable bonds is 3. The summed E-state index contributed by atoms with van der Waals surface area (Å²) in [5.74, 6) is 1.39. The van der Waals surface area contributed by atoms with Gasteiger partial charge >= 0.3 is 0 Å². The van der Waals surface area contributed by atoms with Gasteiger partial charge in [0, 0.05) is 24.6 Å². The highest BCUT2D eigenvalue weighted by atomic mass is 16.3. The van der Waals surface area contributed by atoms with Crippen LogP contribution in [0.2, 0.25) is 0 Å². The Kier molecular flexibility index (Phi) is 3.91. The summed E-state index contributed by atoms with van der Waals surface area (Å²) in [7, 11) is 0. The first-order valence-electron chi connectivity index (χ1n) is 8.29. The molecule has 0 aliphatic carbocycles. The third-order valence-corrected chi connectivity index (χ3v) is 4.66. The molecule has 1 amide bonds. The van der Waals surface area contributed by atoms with Crippen molar-refractivity contribution in [1.82, 2.24) is 4.90 Å². The van der Waals surface area contributed by atoms with Gasteiger partial charge in [-0.3, -0.25) is 4.79 Å². The van der Waals surface area contributed by atoms with Crippen LogP contribution in [0.15, 0.2) is 77.4 Å². The molecule has 1 unspecified atom stereocenters. The summed E-state index contributed by atoms with van der Waals surface area (Å²) in [6, 6.07) is 22.0. The first-order chi connectivity index (χ1) is 11.8. The third kappa shape index (κ3) is 2.85. The molecular formula is C21H19NO2. The van der Waals surface area contributed by atoms with E-state index in [1.54, 1.807) is 6.26 Å². The molecule has 4 rings (SSSR count). The minimum atomic E-state index is 0.101. The van der Waals surface area contributed by atoms with E-state index >= 15 is 0 Å². The molecule has 1 aromatic heterocycles. The summed E-state index contributed by atoms with van der Waals surface area (Å²) in [5, 5.41) is 0. The predicted octanol–water partition coefficient (Wildman–Crippen LogP) is 4.58. The zero-order valence-electron chi connectivity index (χ0n) is 13.4. The number of nitrogens with zero attached hydrogens (tertiary/aromatic N) is 1. The number of likely N-dealkylation sites (tertiary alicyclic amines) is 1. The fraction of sp³-hybridized carbons (Fsp3) is 0.190. The summed E-state index contributed by atoms with van der Waals surface area (Å²) in [6.07, 6.45) is 2.66. The SMILES string of the molecule is O=C(c1ccc(-c2ccccc2)cc1)N1CCC(c2ccco2)C1. The van der Waals surface area contributed by atoms with E-state index < -0.39 is 0 Å². The van der Waals surface area contributed by atoms with Crippen LogP contribution in [-0.2, 0) is 0 Å². The molecule has 3 nitrogen and oxygen atoms in total. The fourth-order valence-corrected chi connectivity index (χ4v) is 3.32. The molecule has 1 aliphatic heterocycles. The zero-order chi connectivity index (χ0) is 16.4. The number of carbonyl (C=O) groups is 1. The second-order valence-electron chi connectivity index (χ2n) is 6.20. The van der Waals surface area contributed by atoms with E-state index in [4.69, 9.17) is 4.42 Å². The number of carbonyl (C=O) groups excluding carboxylic acids is 1. The van der Waals surface area contributed by atoms with Crippen molar-refractivity contribution in [2.45, 2.75) is 12.3 Å². The van der Waals surface area contributed by atoms with Gasteiger partial charge in [-0.1, -0.05) is 42.5 Å². The molecule has 1 aliphatic rings. The van der Waals surface area contributed by atoms with Crippen molar-refractivity contribution >= 4 is 5.91 Å². The number of benzene rings is 2. The lowest BCUT2D eigenvalue weighted by atomic mass is 10.0. The van der Waals surface area contributed by atoms with Crippen LogP contribution in [0.5, 0.6) is 0 Å². The molecule has 1 saturated heterocycles. The van der Waals surface area contributed by atoms with E-state index in [9.17, 15) is 4.79 Å². The van der Waals surface area contributed by atoms with E-state index in [1.807, 2.05) is 59.5 Å². The molecule has 3 heteroatoms. The van der Waals surface area contributed by atoms with Gasteiger partial charge in [-0.2, -0.15) is 0 Å². The Morgan fingerprint density at radius 2 is 1.67 bits per heavy atom. The lowest BCUT2D eigenvalue weighted by Crippen LogP contribution is -2.28. The van der Waals surface area contributed by atoms with Crippen molar-refractivity contribution in [1.29, 1.82) is 0 Å². The molecular weight excluding hydrogens is 298 g/mol. The van der Waals surface area contributed by atoms with Gasteiger partial charge < -0.3 is 9.32 Å². The summed E-state index contributed by atoms with van der Waals surface area (Å²) < 4.78 is 5.48. The lowest BCUT2D eigenvalue weighted by molar-refractivity contribution is 0.0790. The van der Waals surface area contributed by atoms with Crippen LogP contribution in [0.1, 0.15) is 28.5 Å². The van der Waals surface area contributed by atoms with Gasteiger partial charge in [0.15, 0.2) is 0 Å². The van der Waals surface area contributed by atoms with E-state index in [-0.39, 0.29) is 5.91 Å². The number of furan rings is 1. The highest BCUT2D eigenvalue weighted by molar-refractivity contribution is 5.95. The molecule has 3 aromatic rings. The van der Waals surface area contributed by atoms with Crippen LogP contribution >= 0.6 is 0 Å². The van der Waals surface area contributed by atoms with Crippen molar-refractivity contribution < 1.29 is 9.21 Å². The Balaban J connectivity index is 1.47. The second kappa shape index (κ2) is 6.36. The van der Waals surface area contributed by atoms with E-state index in [2.05, 4.69) is 12.1 Å². The maximum absolute atomic E-state index is 12.7. The van der Waals surface area contributed by atoms with Crippen LogP contribution < -0.4 is 0 Å². The van der Waals surface area contributed by atoms with E-state index in [1.165, 1.54) is 0 Å². The molecule has 1 fully saturated rings. The van der Waals surface area contributed by atoms with Crippen molar-refractivity contribution in [2.24, 2.45) is 0 Å². The van der Waals surface area contributed by atoms with Gasteiger partial charge in [0.05, 0.1) is 6.26 Å². The van der Waals surface area contributed by atoms with Gasteiger partial charge in [-0.05, 0) is 41.8 Å². The van der Waals surface area contributed by atoms with Crippen LogP contribution in [0, 0.1) is 0 Å². The van der Waals surface area contributed by atoms with Gasteiger partial charge in [-0.25, -0.2) is 0 Å². The van der Waals surface area contributed by atoms with Gasteiger partial charge in [-0.15, -0.1) is 0 Å². The number of amides is 1. The van der Waals surface area contributed by atoms with E-state index in [0.717, 1.165) is 42.0 Å². The molecule has 0 spiro atoms. The lowest BCUT2D eigenvalue weighted by Gasteiger charge is -2.16. The standard InChI is InChI=1S/C21H19NO2/c23-21(22-13-12-19(15-22)20-7-4-14-24-20)18-10-8-17(9-11-18)16-5-2-1-3-6-16/h1-11,14,19H,12-13,15H2. The quantitative estimate of drug-likeness (QED) is 0.708. The summed E-state index contributed by atoms with van der Waals surface area (Å²) >= 11 is 0. The van der Waals surface area contributed by atoms with Crippen molar-refractivity contribution in [3.63, 3.8) is 0 Å². The molecule has 2 aromatic carbocycles. The van der Waals surface area contributed by atoms with Crippen molar-refractivity contribution in [3.8, 4) is 11.1 Å². The zero-order valence-corrected chi connectivity index (χ0v) is 13.4. The third-order valence-electron chi connectivity index (χ3n) is 4.66. The largest absolute Gasteiger partial charge is 0.469 e. The summed E-state index contributed by atoms with van der Waals surface area (Å²) in [4.78, 5) is 14.6. The molecule has 0 N–H and O–H groups in total. The van der Waals surface area contributed by atoms with Gasteiger partial charge in [0.1, 0.15) is 5.76 Å². The normalized spacial score (nSPS) is 17.2. The average Bonchev–Trinajstić information content (AvgIpc) is 3.33. The summed E-state index contributed by atoms with van der Waals surface area (Å²) in [5.41, 5.74) is 3.03. The predicted molar refractivity (Wildman–Crippen MR) is 93.8 cm³/mol. The topological polar surface area (TPSA) is 33.5 Å². The van der Waals surface area contributed by atoms with Gasteiger partial charge in [0.2, 0.25) is 0 Å². The van der Waals surface area contributed by atoms with Crippen LogP contribution in [0.3, 0.4) is 0 Å². The number of hydrogen-bond donors (Lipinski definition) is 0. The molecule has 0 saturated carbocycles. The number of hydrogen-bond acceptors (Lipinski definition) is 2. The molecule has 0 radical (unpaired) electrons. The average molecular weight is 317 g/mol. The van der Waals surface area contributed by atoms with Crippen molar-refractivity contribution in [2.75, 3.05) is 13.1 Å². The minimum Gasteiger partial charge on any atom is -0.469 e. The van der Waals surface area contributed by atoms with Crippen molar-refractivity contribution in [3.05, 3.63) is 84.3 Å².